The van der Waals surface area contributed by atoms with Crippen molar-refractivity contribution in [2.75, 3.05) is 18.2 Å². The molecule has 10 heteroatoms. The van der Waals surface area contributed by atoms with Crippen LogP contribution in [0.2, 0.25) is 0 Å². The molecule has 0 radical (unpaired) electrons. The highest BCUT2D eigenvalue weighted by molar-refractivity contribution is 7.99. The quantitative estimate of drug-likeness (QED) is 0.218. The van der Waals surface area contributed by atoms with Gasteiger partial charge in [-0.2, -0.15) is 0 Å². The van der Waals surface area contributed by atoms with Gasteiger partial charge in [0.1, 0.15) is 0 Å². The largest absolute Gasteiger partial charge is 0.465 e. The number of esters is 1. The van der Waals surface area contributed by atoms with E-state index in [1.54, 1.807) is 42.5 Å². The molecule has 2 amide bonds. The number of methoxy groups -OCH3 is 1. The molecule has 0 unspecified atom stereocenters. The molecule has 0 bridgehead atoms. The van der Waals surface area contributed by atoms with Crippen molar-refractivity contribution in [3.05, 3.63) is 83.7 Å². The number of thioether (sulfide) groups is 1. The van der Waals surface area contributed by atoms with Gasteiger partial charge in [0.05, 0.1) is 24.5 Å². The predicted octanol–water partition coefficient (Wildman–Crippen LogP) is 4.42. The number of hydrogen-bond acceptors (Lipinski definition) is 7. The Labute approximate surface area is 220 Å². The van der Waals surface area contributed by atoms with E-state index in [0.717, 1.165) is 5.56 Å². The molecule has 2 aromatic carbocycles. The van der Waals surface area contributed by atoms with Crippen molar-refractivity contribution in [2.24, 2.45) is 5.92 Å². The number of benzene rings is 2. The number of aromatic nitrogens is 3. The minimum atomic E-state index is -0.444. The third-order valence-corrected chi connectivity index (χ3v) is 6.49. The van der Waals surface area contributed by atoms with Crippen molar-refractivity contribution in [1.82, 2.24) is 20.1 Å². The standard InChI is InChI=1S/C27H31N5O4S/c1-6-15-32-24(23(17(2)3)29-25(34)19-9-7-18(4)8-10-19)30-31-27(32)37-16-22(33)28-21-13-11-20(12-14-21)26(35)36-5/h6-14,17,23H,1,15-16H2,2-5H3,(H,28,33)(H,29,34)/t23-/m0/s1. The molecule has 0 aliphatic heterocycles. The Kier molecular flexibility index (Phi) is 9.62. The Hall–Kier alpha value is -3.92. The highest BCUT2D eigenvalue weighted by Crippen LogP contribution is 2.26. The fraction of sp³-hybridized carbons (Fsp3) is 0.296. The number of nitrogens with one attached hydrogen (secondary N) is 2. The molecule has 3 rings (SSSR count). The molecule has 3 aromatic rings. The van der Waals surface area contributed by atoms with Crippen LogP contribution in [0.1, 0.15) is 52.0 Å². The maximum absolute atomic E-state index is 12.9. The van der Waals surface area contributed by atoms with Crippen molar-refractivity contribution in [3.8, 4) is 0 Å². The zero-order chi connectivity index (χ0) is 26.9. The molecule has 194 valence electrons. The number of anilines is 1. The van der Waals surface area contributed by atoms with Crippen LogP contribution >= 0.6 is 11.8 Å². The van der Waals surface area contributed by atoms with Gasteiger partial charge in [-0.15, -0.1) is 16.8 Å². The van der Waals surface area contributed by atoms with Gasteiger partial charge in [-0.05, 0) is 49.2 Å². The number of nitrogens with zero attached hydrogens (tertiary/aromatic N) is 3. The van der Waals surface area contributed by atoms with Crippen LogP contribution in [0.25, 0.3) is 0 Å². The van der Waals surface area contributed by atoms with Crippen LogP contribution in [0.4, 0.5) is 5.69 Å². The Morgan fingerprint density at radius 2 is 1.70 bits per heavy atom. The number of carbonyl (C=O) groups is 3. The SMILES string of the molecule is C=CCn1c(SCC(=O)Nc2ccc(C(=O)OC)cc2)nnc1[C@@H](NC(=O)c1ccc(C)cc1)C(C)C. The molecule has 2 N–H and O–H groups in total. The summed E-state index contributed by atoms with van der Waals surface area (Å²) >= 11 is 1.24. The fourth-order valence-corrected chi connectivity index (χ4v) is 4.29. The number of carbonyl (C=O) groups excluding carboxylic acids is 3. The van der Waals surface area contributed by atoms with Gasteiger partial charge in [0.2, 0.25) is 5.91 Å². The third-order valence-electron chi connectivity index (χ3n) is 5.52. The normalized spacial score (nSPS) is 11.6. The van der Waals surface area contributed by atoms with Crippen LogP contribution in [0.5, 0.6) is 0 Å². The minimum Gasteiger partial charge on any atom is -0.465 e. The Balaban J connectivity index is 1.70. The van der Waals surface area contributed by atoms with Crippen molar-refractivity contribution < 1.29 is 19.1 Å². The van der Waals surface area contributed by atoms with Gasteiger partial charge in [0.25, 0.3) is 5.91 Å². The van der Waals surface area contributed by atoms with E-state index in [9.17, 15) is 14.4 Å². The smallest absolute Gasteiger partial charge is 0.337 e. The van der Waals surface area contributed by atoms with E-state index >= 15 is 0 Å². The van der Waals surface area contributed by atoms with Gasteiger partial charge in [-0.25, -0.2) is 4.79 Å². The first kappa shape index (κ1) is 27.7. The van der Waals surface area contributed by atoms with E-state index < -0.39 is 12.0 Å². The summed E-state index contributed by atoms with van der Waals surface area (Å²) in [6, 6.07) is 13.4. The zero-order valence-electron chi connectivity index (χ0n) is 21.4. The lowest BCUT2D eigenvalue weighted by atomic mass is 10.0. The number of rotatable bonds is 11. The second-order valence-electron chi connectivity index (χ2n) is 8.71. The lowest BCUT2D eigenvalue weighted by Crippen LogP contribution is -2.33. The molecule has 1 aromatic heterocycles. The van der Waals surface area contributed by atoms with Crippen molar-refractivity contribution in [1.29, 1.82) is 0 Å². The average molecular weight is 522 g/mol. The molecule has 37 heavy (non-hydrogen) atoms. The summed E-state index contributed by atoms with van der Waals surface area (Å²) in [4.78, 5) is 37.0. The Morgan fingerprint density at radius 3 is 2.30 bits per heavy atom. The summed E-state index contributed by atoms with van der Waals surface area (Å²) in [6.45, 7) is 10.2. The molecule has 0 aliphatic rings. The zero-order valence-corrected chi connectivity index (χ0v) is 22.2. The van der Waals surface area contributed by atoms with Crippen LogP contribution in [0.3, 0.4) is 0 Å². The molecular weight excluding hydrogens is 490 g/mol. The van der Waals surface area contributed by atoms with E-state index in [-0.39, 0.29) is 23.5 Å². The summed E-state index contributed by atoms with van der Waals surface area (Å²) in [6.07, 6.45) is 1.72. The van der Waals surface area contributed by atoms with Crippen LogP contribution in [0, 0.1) is 12.8 Å². The summed E-state index contributed by atoms with van der Waals surface area (Å²) < 4.78 is 6.54. The first-order valence-electron chi connectivity index (χ1n) is 11.8. The lowest BCUT2D eigenvalue weighted by molar-refractivity contribution is -0.113. The number of amides is 2. The van der Waals surface area contributed by atoms with Crippen molar-refractivity contribution in [2.45, 2.75) is 38.5 Å². The molecule has 0 saturated heterocycles. The fourth-order valence-electron chi connectivity index (χ4n) is 3.53. The summed E-state index contributed by atoms with van der Waals surface area (Å²) in [5, 5.41) is 15.1. The van der Waals surface area contributed by atoms with E-state index in [1.165, 1.54) is 18.9 Å². The number of ether oxygens (including phenoxy) is 1. The summed E-state index contributed by atoms with van der Waals surface area (Å²) in [5.74, 6) is -0.151. The molecule has 0 aliphatic carbocycles. The highest BCUT2D eigenvalue weighted by Gasteiger charge is 2.26. The second-order valence-corrected chi connectivity index (χ2v) is 9.65. The van der Waals surface area contributed by atoms with E-state index in [2.05, 4.69) is 32.1 Å². The number of allylic oxidation sites excluding steroid dienone is 1. The van der Waals surface area contributed by atoms with Gasteiger partial charge < -0.3 is 19.9 Å². The van der Waals surface area contributed by atoms with Gasteiger partial charge in [0, 0.05) is 17.8 Å². The Morgan fingerprint density at radius 1 is 1.05 bits per heavy atom. The highest BCUT2D eigenvalue weighted by atomic mass is 32.2. The van der Waals surface area contributed by atoms with Crippen molar-refractivity contribution in [3.63, 3.8) is 0 Å². The van der Waals surface area contributed by atoms with Gasteiger partial charge in [-0.3, -0.25) is 9.59 Å². The van der Waals surface area contributed by atoms with E-state index in [4.69, 9.17) is 0 Å². The first-order valence-corrected chi connectivity index (χ1v) is 12.7. The van der Waals surface area contributed by atoms with Gasteiger partial charge in [-0.1, -0.05) is 49.4 Å². The summed E-state index contributed by atoms with van der Waals surface area (Å²) in [5.41, 5.74) is 2.60. The van der Waals surface area contributed by atoms with Gasteiger partial charge >= 0.3 is 5.97 Å². The van der Waals surface area contributed by atoms with Crippen LogP contribution in [-0.2, 0) is 16.1 Å². The molecule has 0 fully saturated rings. The molecule has 0 saturated carbocycles. The van der Waals surface area contributed by atoms with Crippen LogP contribution in [-0.4, -0.2) is 45.4 Å². The van der Waals surface area contributed by atoms with E-state index in [0.29, 0.717) is 34.3 Å². The van der Waals surface area contributed by atoms with E-state index in [1.807, 2.05) is 37.5 Å². The predicted molar refractivity (Wildman–Crippen MR) is 144 cm³/mol. The topological polar surface area (TPSA) is 115 Å². The maximum atomic E-state index is 12.9. The lowest BCUT2D eigenvalue weighted by Gasteiger charge is -2.22. The van der Waals surface area contributed by atoms with Crippen molar-refractivity contribution >= 4 is 35.2 Å². The minimum absolute atomic E-state index is 0.0382. The van der Waals surface area contributed by atoms with Gasteiger partial charge in [0.15, 0.2) is 11.0 Å². The molecule has 1 heterocycles. The molecule has 0 spiro atoms. The monoisotopic (exact) mass is 521 g/mol. The molecule has 9 nitrogen and oxygen atoms in total. The average Bonchev–Trinajstić information content (AvgIpc) is 3.28. The maximum Gasteiger partial charge on any atom is 0.337 e. The first-order chi connectivity index (χ1) is 17.7. The van der Waals surface area contributed by atoms with Crippen LogP contribution in [0.15, 0.2) is 66.3 Å². The molecule has 1 atom stereocenters. The number of hydrogen-bond donors (Lipinski definition) is 2. The Bertz CT molecular complexity index is 1250. The number of aryl methyl sites for hydroxylation is 1. The molecular formula is C27H31N5O4S. The third kappa shape index (κ3) is 7.29. The van der Waals surface area contributed by atoms with Crippen LogP contribution < -0.4 is 10.6 Å². The summed E-state index contributed by atoms with van der Waals surface area (Å²) in [7, 11) is 1.31. The second kappa shape index (κ2) is 12.9.